The average Bonchev–Trinajstić information content (AvgIpc) is 3.55. The molecule has 0 bridgehead atoms. The Hall–Kier alpha value is -4.22. The maximum Gasteiger partial charge on any atom is 0.407 e. The highest BCUT2D eigenvalue weighted by atomic mass is 16.6. The average molecular weight is 680 g/mol. The summed E-state index contributed by atoms with van der Waals surface area (Å²) < 4.78 is 12.5. The zero-order valence-corrected chi connectivity index (χ0v) is 29.6. The van der Waals surface area contributed by atoms with E-state index < -0.39 is 23.6 Å². The Morgan fingerprint density at radius 2 is 1.43 bits per heavy atom. The van der Waals surface area contributed by atoms with Gasteiger partial charge >= 0.3 is 11.8 Å². The molecule has 1 fully saturated rings. The molecular formula is C38H57N5O6. The second kappa shape index (κ2) is 25.8. The first kappa shape index (κ1) is 41.0. The van der Waals surface area contributed by atoms with E-state index in [0.29, 0.717) is 57.4 Å². The van der Waals surface area contributed by atoms with Gasteiger partial charge in [0.25, 0.3) is 5.56 Å². The van der Waals surface area contributed by atoms with Crippen LogP contribution in [-0.4, -0.2) is 72.4 Å². The normalized spacial score (nSPS) is 16.9. The molecule has 49 heavy (non-hydrogen) atoms. The number of likely N-dealkylation sites (N-methyl/N-ethyl adjacent to an activating group) is 1. The second-order valence-corrected chi connectivity index (χ2v) is 11.9. The monoisotopic (exact) mass is 679 g/mol. The van der Waals surface area contributed by atoms with Crippen molar-refractivity contribution in [3.63, 3.8) is 0 Å². The summed E-state index contributed by atoms with van der Waals surface area (Å²) in [6.45, 7) is 6.01. The van der Waals surface area contributed by atoms with Crippen molar-refractivity contribution in [1.29, 1.82) is 0 Å². The Balaban J connectivity index is 1.42. The number of rotatable bonds is 23. The quantitative estimate of drug-likeness (QED) is 0.125. The van der Waals surface area contributed by atoms with Crippen LogP contribution < -0.4 is 21.9 Å². The van der Waals surface area contributed by atoms with E-state index in [2.05, 4.69) is 89.4 Å². The summed E-state index contributed by atoms with van der Waals surface area (Å²) in [5.74, 6) is 0.0200. The summed E-state index contributed by atoms with van der Waals surface area (Å²) in [5.41, 5.74) is -0.519. The van der Waals surface area contributed by atoms with Crippen molar-refractivity contribution >= 4 is 12.0 Å². The van der Waals surface area contributed by atoms with Crippen LogP contribution in [0.25, 0.3) is 0 Å². The fourth-order valence-corrected chi connectivity index (χ4v) is 4.82. The lowest BCUT2D eigenvalue weighted by Gasteiger charge is -2.18. The Morgan fingerprint density at radius 3 is 2.02 bits per heavy atom. The molecule has 1 aliphatic heterocycles. The van der Waals surface area contributed by atoms with Gasteiger partial charge in [-0.05, 0) is 71.8 Å². The lowest BCUT2D eigenvalue weighted by atomic mass is 10.2. The summed E-state index contributed by atoms with van der Waals surface area (Å²) in [6, 6.07) is 0. The van der Waals surface area contributed by atoms with Crippen LogP contribution in [0.2, 0.25) is 0 Å². The zero-order chi connectivity index (χ0) is 35.5. The molecule has 0 radical (unpaired) electrons. The summed E-state index contributed by atoms with van der Waals surface area (Å²) >= 11 is 0. The minimum atomic E-state index is -0.541. The molecule has 1 saturated heterocycles. The SMILES string of the molecule is CC/C=C\C/C=C\C/C=C\C/C=C\C/C=C\C/C=C\CCC(=O)NCCN(C)CCNC(=O)OCC1CCC(n2cc(C)c(=O)[nH]c2=O)O1. The topological polar surface area (TPSA) is 135 Å². The number of H-pyrrole nitrogens is 1. The molecule has 11 nitrogen and oxygen atoms in total. The standard InChI is InChI=1S/C38H57N5O6/c1-4-5-6-7-8-9-10-11-12-13-14-15-16-17-18-19-20-21-22-23-34(44)39-26-28-42(3)29-27-40-38(47)48-31-33-24-25-35(49-33)43-30-32(2)36(45)41-37(43)46/h5-6,8-9,11-12,14-15,17-18,20-21,30,33,35H,4,7,10,13,16,19,22-29,31H2,1-3H3,(H,39,44)(H,40,47)(H,41,45,46)/b6-5-,9-8-,12-11-,15-14-,18-17-,21-20-. The number of ether oxygens (including phenoxy) is 2. The van der Waals surface area contributed by atoms with Crippen molar-refractivity contribution in [2.45, 2.75) is 90.4 Å². The van der Waals surface area contributed by atoms with E-state index in [1.54, 1.807) is 6.92 Å². The van der Waals surface area contributed by atoms with Gasteiger partial charge in [0.15, 0.2) is 0 Å². The Labute approximate surface area is 291 Å². The predicted molar refractivity (Wildman–Crippen MR) is 197 cm³/mol. The number of hydrogen-bond donors (Lipinski definition) is 3. The van der Waals surface area contributed by atoms with E-state index >= 15 is 0 Å². The molecule has 2 rings (SSSR count). The molecule has 0 aliphatic carbocycles. The minimum Gasteiger partial charge on any atom is -0.447 e. The third-order valence-corrected chi connectivity index (χ3v) is 7.65. The van der Waals surface area contributed by atoms with Crippen LogP contribution in [0.3, 0.4) is 0 Å². The highest BCUT2D eigenvalue weighted by Crippen LogP contribution is 2.27. The fourth-order valence-electron chi connectivity index (χ4n) is 4.82. The summed E-state index contributed by atoms with van der Waals surface area (Å²) in [5, 5.41) is 5.65. The van der Waals surface area contributed by atoms with Gasteiger partial charge in [0.1, 0.15) is 12.8 Å². The molecular weight excluding hydrogens is 622 g/mol. The van der Waals surface area contributed by atoms with Crippen LogP contribution >= 0.6 is 0 Å². The highest BCUT2D eigenvalue weighted by molar-refractivity contribution is 5.75. The number of aromatic amines is 1. The first-order valence-corrected chi connectivity index (χ1v) is 17.5. The Bertz CT molecular complexity index is 1400. The predicted octanol–water partition coefficient (Wildman–Crippen LogP) is 5.77. The third kappa shape index (κ3) is 19.4. The Morgan fingerprint density at radius 1 is 0.878 bits per heavy atom. The van der Waals surface area contributed by atoms with Gasteiger partial charge in [0.05, 0.1) is 6.10 Å². The first-order chi connectivity index (χ1) is 23.8. The van der Waals surface area contributed by atoms with Gasteiger partial charge in [-0.3, -0.25) is 19.1 Å². The lowest BCUT2D eigenvalue weighted by Crippen LogP contribution is -2.38. The number of nitrogens with one attached hydrogen (secondary N) is 3. The summed E-state index contributed by atoms with van der Waals surface area (Å²) in [4.78, 5) is 52.2. The molecule has 1 aliphatic rings. The number of nitrogens with zero attached hydrogens (tertiary/aromatic N) is 2. The number of amides is 2. The van der Waals surface area contributed by atoms with E-state index in [1.165, 1.54) is 10.8 Å². The zero-order valence-electron chi connectivity index (χ0n) is 29.6. The summed E-state index contributed by atoms with van der Waals surface area (Å²) in [6.07, 6.45) is 34.2. The maximum absolute atomic E-state index is 12.1. The van der Waals surface area contributed by atoms with Crippen LogP contribution in [0.4, 0.5) is 4.79 Å². The molecule has 2 unspecified atom stereocenters. The number of allylic oxidation sites excluding steroid dienone is 12. The molecule has 0 spiro atoms. The van der Waals surface area contributed by atoms with E-state index in [1.807, 2.05) is 18.0 Å². The second-order valence-electron chi connectivity index (χ2n) is 11.9. The Kier molecular flexibility index (Phi) is 21.5. The molecule has 0 aromatic carbocycles. The van der Waals surface area contributed by atoms with E-state index in [9.17, 15) is 19.2 Å². The smallest absolute Gasteiger partial charge is 0.407 e. The number of carbonyl (C=O) groups is 2. The molecule has 1 aromatic rings. The van der Waals surface area contributed by atoms with Gasteiger partial charge in [-0.15, -0.1) is 0 Å². The fraction of sp³-hybridized carbons (Fsp3) is 0.526. The van der Waals surface area contributed by atoms with Crippen molar-refractivity contribution in [3.8, 4) is 0 Å². The van der Waals surface area contributed by atoms with Gasteiger partial charge in [-0.2, -0.15) is 0 Å². The molecule has 3 N–H and O–H groups in total. The van der Waals surface area contributed by atoms with Gasteiger partial charge in [-0.25, -0.2) is 9.59 Å². The lowest BCUT2D eigenvalue weighted by molar-refractivity contribution is -0.121. The van der Waals surface area contributed by atoms with Crippen molar-refractivity contribution in [2.24, 2.45) is 0 Å². The number of carbonyl (C=O) groups excluding carboxylic acids is 2. The maximum atomic E-state index is 12.1. The molecule has 1 aromatic heterocycles. The highest BCUT2D eigenvalue weighted by Gasteiger charge is 2.28. The molecule has 0 saturated carbocycles. The van der Waals surface area contributed by atoms with Gasteiger partial charge in [0.2, 0.25) is 5.91 Å². The van der Waals surface area contributed by atoms with Gasteiger partial charge in [-0.1, -0.05) is 79.8 Å². The van der Waals surface area contributed by atoms with E-state index in [4.69, 9.17) is 9.47 Å². The van der Waals surface area contributed by atoms with Crippen molar-refractivity contribution in [3.05, 3.63) is 106 Å². The summed E-state index contributed by atoms with van der Waals surface area (Å²) in [7, 11) is 1.92. The number of aryl methyl sites for hydroxylation is 1. The molecule has 2 atom stereocenters. The van der Waals surface area contributed by atoms with Crippen LogP contribution in [-0.2, 0) is 14.3 Å². The van der Waals surface area contributed by atoms with Crippen LogP contribution in [0, 0.1) is 6.92 Å². The molecule has 2 heterocycles. The molecule has 2 amide bonds. The van der Waals surface area contributed by atoms with Crippen molar-refractivity contribution in [1.82, 2.24) is 25.1 Å². The van der Waals surface area contributed by atoms with Crippen LogP contribution in [0.1, 0.15) is 82.9 Å². The van der Waals surface area contributed by atoms with E-state index in [-0.39, 0.29) is 18.6 Å². The van der Waals surface area contributed by atoms with Gasteiger partial charge in [0, 0.05) is 44.4 Å². The largest absolute Gasteiger partial charge is 0.447 e. The van der Waals surface area contributed by atoms with Crippen LogP contribution in [0.5, 0.6) is 0 Å². The van der Waals surface area contributed by atoms with Gasteiger partial charge < -0.3 is 25.0 Å². The van der Waals surface area contributed by atoms with Crippen molar-refractivity contribution < 1.29 is 19.1 Å². The minimum absolute atomic E-state index is 0.0200. The van der Waals surface area contributed by atoms with E-state index in [0.717, 1.165) is 38.5 Å². The number of aromatic nitrogens is 2. The molecule has 11 heteroatoms. The van der Waals surface area contributed by atoms with Crippen molar-refractivity contribution in [2.75, 3.05) is 39.8 Å². The number of hydrogen-bond acceptors (Lipinski definition) is 7. The number of alkyl carbamates (subject to hydrolysis) is 1. The molecule has 270 valence electrons. The third-order valence-electron chi connectivity index (χ3n) is 7.65. The first-order valence-electron chi connectivity index (χ1n) is 17.5. The van der Waals surface area contributed by atoms with Crippen LogP contribution in [0.15, 0.2) is 88.7 Å².